The van der Waals surface area contributed by atoms with E-state index in [4.69, 9.17) is 0 Å². The summed E-state index contributed by atoms with van der Waals surface area (Å²) in [6.07, 6.45) is 10.2. The molecule has 2 N–H and O–H groups in total. The van der Waals surface area contributed by atoms with Crippen LogP contribution < -0.4 is 11.0 Å². The van der Waals surface area contributed by atoms with E-state index in [-0.39, 0.29) is 0 Å². The molecule has 0 amide bonds. The lowest BCUT2D eigenvalue weighted by atomic mass is 10.1. The number of rotatable bonds is 0. The van der Waals surface area contributed by atoms with E-state index in [9.17, 15) is 0 Å². The number of nitrogens with one attached hydrogen (secondary N) is 2. The van der Waals surface area contributed by atoms with Crippen molar-refractivity contribution in [2.45, 2.75) is 37.9 Å². The summed E-state index contributed by atoms with van der Waals surface area (Å²) < 4.78 is 0. The lowest BCUT2D eigenvalue weighted by molar-refractivity contribution is -0.0398. The van der Waals surface area contributed by atoms with E-state index in [0.29, 0.717) is 6.17 Å². The molecule has 0 aromatic heterocycles. The highest BCUT2D eigenvalue weighted by Crippen LogP contribution is 2.29. The van der Waals surface area contributed by atoms with Crippen LogP contribution in [0.4, 0.5) is 0 Å². The fraction of sp³-hybridized carbons (Fsp3) is 0.778. The van der Waals surface area contributed by atoms with Crippen LogP contribution in [0.3, 0.4) is 0 Å². The molecule has 0 bridgehead atoms. The van der Waals surface area contributed by atoms with Crippen molar-refractivity contribution >= 4 is 0 Å². The molecule has 2 fully saturated rings. The van der Waals surface area contributed by atoms with Crippen LogP contribution in [0.1, 0.15) is 25.7 Å². The monoisotopic (exact) mass is 180 g/mol. The summed E-state index contributed by atoms with van der Waals surface area (Å²) in [6, 6.07) is 0.748. The maximum absolute atomic E-state index is 3.31. The van der Waals surface area contributed by atoms with Gasteiger partial charge in [0.1, 0.15) is 0 Å². The molecule has 3 aliphatic heterocycles. The quantitative estimate of drug-likeness (QED) is 0.527. The van der Waals surface area contributed by atoms with E-state index in [1.807, 2.05) is 0 Å². The van der Waals surface area contributed by atoms with Crippen molar-refractivity contribution in [1.82, 2.24) is 21.1 Å². The Balaban J connectivity index is 1.85. The van der Waals surface area contributed by atoms with Crippen molar-refractivity contribution in [2.75, 3.05) is 6.54 Å². The molecule has 3 heterocycles. The molecule has 0 saturated carbocycles. The van der Waals surface area contributed by atoms with Crippen molar-refractivity contribution in [1.29, 1.82) is 0 Å². The number of hydrazine groups is 3. The van der Waals surface area contributed by atoms with Crippen LogP contribution in [0.5, 0.6) is 0 Å². The summed E-state index contributed by atoms with van der Waals surface area (Å²) >= 11 is 0. The second-order valence-electron chi connectivity index (χ2n) is 4.01. The first-order valence-corrected chi connectivity index (χ1v) is 5.17. The lowest BCUT2D eigenvalue weighted by Gasteiger charge is -2.31. The van der Waals surface area contributed by atoms with E-state index in [2.05, 4.69) is 33.2 Å². The Morgan fingerprint density at radius 1 is 1.15 bits per heavy atom. The minimum Gasteiger partial charge on any atom is -0.224 e. The molecular weight excluding hydrogens is 164 g/mol. The first-order valence-electron chi connectivity index (χ1n) is 5.17. The van der Waals surface area contributed by atoms with Gasteiger partial charge in [0.2, 0.25) is 0 Å². The smallest absolute Gasteiger partial charge is 0.0893 e. The van der Waals surface area contributed by atoms with Crippen LogP contribution in [0.25, 0.3) is 0 Å². The van der Waals surface area contributed by atoms with Crippen LogP contribution >= 0.6 is 0 Å². The highest BCUT2D eigenvalue weighted by molar-refractivity contribution is 4.94. The van der Waals surface area contributed by atoms with Crippen LogP contribution in [-0.2, 0) is 0 Å². The second kappa shape index (κ2) is 3.06. The maximum atomic E-state index is 3.31. The highest BCUT2D eigenvalue weighted by atomic mass is 16.0. The van der Waals surface area contributed by atoms with Crippen molar-refractivity contribution < 1.29 is 0 Å². The standard InChI is InChI=1S/C9H16N4/c1-2-4-8-5-6-9-10-11-12(7-3-1)13(8)9/h1,3,8-11H,2,4-7H2/b3-1-. The summed E-state index contributed by atoms with van der Waals surface area (Å²) in [5, 5.41) is 4.68. The molecule has 3 aliphatic rings. The lowest BCUT2D eigenvalue weighted by Crippen LogP contribution is -2.47. The zero-order valence-corrected chi connectivity index (χ0v) is 7.74. The average molecular weight is 180 g/mol. The van der Waals surface area contributed by atoms with Crippen LogP contribution in [0.15, 0.2) is 12.2 Å². The van der Waals surface area contributed by atoms with E-state index in [1.54, 1.807) is 0 Å². The van der Waals surface area contributed by atoms with Gasteiger partial charge in [-0.25, -0.2) is 10.4 Å². The summed E-state index contributed by atoms with van der Waals surface area (Å²) in [7, 11) is 0. The Hall–Kier alpha value is -0.420. The molecule has 2 unspecified atom stereocenters. The second-order valence-corrected chi connectivity index (χ2v) is 4.01. The van der Waals surface area contributed by atoms with Gasteiger partial charge in [0.25, 0.3) is 0 Å². The molecule has 4 heteroatoms. The number of allylic oxidation sites excluding steroid dienone is 1. The molecule has 3 rings (SSSR count). The molecule has 2 atom stereocenters. The minimum absolute atomic E-state index is 0.538. The van der Waals surface area contributed by atoms with Crippen LogP contribution in [0, 0.1) is 0 Å². The van der Waals surface area contributed by atoms with Gasteiger partial charge >= 0.3 is 0 Å². The Morgan fingerprint density at radius 3 is 3.15 bits per heavy atom. The molecule has 0 radical (unpaired) electrons. The van der Waals surface area contributed by atoms with Crippen LogP contribution in [0.2, 0.25) is 0 Å². The minimum atomic E-state index is 0.538. The summed E-state index contributed by atoms with van der Waals surface area (Å²) in [4.78, 5) is 0. The third-order valence-electron chi connectivity index (χ3n) is 3.22. The van der Waals surface area contributed by atoms with Gasteiger partial charge in [-0.05, 0) is 25.7 Å². The van der Waals surface area contributed by atoms with Crippen molar-refractivity contribution in [3.05, 3.63) is 12.2 Å². The molecule has 2 saturated heterocycles. The normalized spacial score (nSPS) is 42.8. The average Bonchev–Trinajstić information content (AvgIpc) is 2.60. The fourth-order valence-corrected chi connectivity index (χ4v) is 2.58. The highest BCUT2D eigenvalue weighted by Gasteiger charge is 2.41. The summed E-state index contributed by atoms with van der Waals surface area (Å²) in [5.74, 6) is 0. The number of hydrogen-bond donors (Lipinski definition) is 2. The topological polar surface area (TPSA) is 30.5 Å². The maximum Gasteiger partial charge on any atom is 0.0893 e. The van der Waals surface area contributed by atoms with Gasteiger partial charge < -0.3 is 0 Å². The Kier molecular flexibility index (Phi) is 1.87. The zero-order valence-electron chi connectivity index (χ0n) is 7.74. The van der Waals surface area contributed by atoms with E-state index >= 15 is 0 Å². The predicted octanol–water partition coefficient (Wildman–Crippen LogP) is 0.367. The Morgan fingerprint density at radius 2 is 2.15 bits per heavy atom. The molecule has 0 aromatic carbocycles. The molecule has 72 valence electrons. The summed E-state index contributed by atoms with van der Waals surface area (Å²) in [6.45, 7) is 0.986. The van der Waals surface area contributed by atoms with Gasteiger partial charge in [-0.1, -0.05) is 12.2 Å². The van der Waals surface area contributed by atoms with Gasteiger partial charge in [0.05, 0.1) is 6.17 Å². The first-order chi connectivity index (χ1) is 6.45. The number of nitrogens with zero attached hydrogens (tertiary/aromatic N) is 2. The van der Waals surface area contributed by atoms with Crippen molar-refractivity contribution in [3.63, 3.8) is 0 Å². The van der Waals surface area contributed by atoms with Gasteiger partial charge in [0.15, 0.2) is 0 Å². The van der Waals surface area contributed by atoms with E-state index in [1.165, 1.54) is 25.7 Å². The zero-order chi connectivity index (χ0) is 8.67. The third-order valence-corrected chi connectivity index (χ3v) is 3.22. The van der Waals surface area contributed by atoms with E-state index < -0.39 is 0 Å². The number of hydrogen-bond acceptors (Lipinski definition) is 4. The molecule has 0 aromatic rings. The van der Waals surface area contributed by atoms with Crippen LogP contribution in [-0.4, -0.2) is 28.9 Å². The largest absolute Gasteiger partial charge is 0.224 e. The molecular formula is C9H16N4. The molecule has 4 nitrogen and oxygen atoms in total. The van der Waals surface area contributed by atoms with Gasteiger partial charge in [-0.3, -0.25) is 0 Å². The van der Waals surface area contributed by atoms with Crippen molar-refractivity contribution in [2.24, 2.45) is 0 Å². The van der Waals surface area contributed by atoms with E-state index in [0.717, 1.165) is 12.6 Å². The first kappa shape index (κ1) is 7.94. The van der Waals surface area contributed by atoms with Gasteiger partial charge in [0, 0.05) is 12.6 Å². The summed E-state index contributed by atoms with van der Waals surface area (Å²) in [5.41, 5.74) is 6.53. The van der Waals surface area contributed by atoms with Gasteiger partial charge in [-0.15, -0.1) is 0 Å². The molecule has 0 spiro atoms. The molecule has 13 heavy (non-hydrogen) atoms. The predicted molar refractivity (Wildman–Crippen MR) is 50.0 cm³/mol. The Bertz CT molecular complexity index is 228. The van der Waals surface area contributed by atoms with Gasteiger partial charge in [-0.2, -0.15) is 10.7 Å². The Labute approximate surface area is 78.5 Å². The van der Waals surface area contributed by atoms with Crippen molar-refractivity contribution in [3.8, 4) is 0 Å². The third kappa shape index (κ3) is 1.21. The molecule has 0 aliphatic carbocycles. The fourth-order valence-electron chi connectivity index (χ4n) is 2.58. The SMILES string of the molecule is C1=C\CN2NNC3CCC(CC/1)N32.